The first kappa shape index (κ1) is 18.5. The molecule has 2 N–H and O–H groups in total. The van der Waals surface area contributed by atoms with Crippen LogP contribution in [-0.2, 0) is 9.53 Å². The summed E-state index contributed by atoms with van der Waals surface area (Å²) in [5.74, 6) is -0.0230. The van der Waals surface area contributed by atoms with Crippen LogP contribution in [0.2, 0.25) is 0 Å². The lowest BCUT2D eigenvalue weighted by Gasteiger charge is -2.37. The van der Waals surface area contributed by atoms with Gasteiger partial charge in [0.05, 0.1) is 13.1 Å². The van der Waals surface area contributed by atoms with E-state index in [-0.39, 0.29) is 18.5 Å². The maximum Gasteiger partial charge on any atom is 0.410 e. The summed E-state index contributed by atoms with van der Waals surface area (Å²) in [5.41, 5.74) is 5.02. The second-order valence-electron chi connectivity index (χ2n) is 7.83. The summed E-state index contributed by atoms with van der Waals surface area (Å²) in [4.78, 5) is 30.0. The van der Waals surface area contributed by atoms with Gasteiger partial charge < -0.3 is 25.2 Å². The van der Waals surface area contributed by atoms with E-state index in [1.54, 1.807) is 4.90 Å². The highest BCUT2D eigenvalue weighted by Gasteiger charge is 2.47. The summed E-state index contributed by atoms with van der Waals surface area (Å²) in [6, 6.07) is 0.659. The van der Waals surface area contributed by atoms with Gasteiger partial charge in [-0.05, 0) is 19.9 Å². The van der Waals surface area contributed by atoms with Crippen LogP contribution >= 0.6 is 0 Å². The Morgan fingerprint density at radius 1 is 1.28 bits per heavy atom. The van der Waals surface area contributed by atoms with Crippen molar-refractivity contribution in [2.75, 3.05) is 46.3 Å². The number of piperidine rings is 1. The minimum atomic E-state index is -0.411. The molecule has 2 amide bonds. The Balaban J connectivity index is 1.47. The van der Waals surface area contributed by atoms with E-state index in [0.29, 0.717) is 38.5 Å². The molecule has 142 valence electrons. The van der Waals surface area contributed by atoms with E-state index in [9.17, 15) is 9.59 Å². The van der Waals surface area contributed by atoms with Gasteiger partial charge in [0.15, 0.2) is 0 Å². The predicted molar refractivity (Wildman–Crippen MR) is 95.2 cm³/mol. The summed E-state index contributed by atoms with van der Waals surface area (Å²) in [6.45, 7) is 3.56. The van der Waals surface area contributed by atoms with Gasteiger partial charge in [-0.15, -0.1) is 0 Å². The third kappa shape index (κ3) is 4.26. The van der Waals surface area contributed by atoms with Crippen LogP contribution in [0, 0.1) is 0 Å². The van der Waals surface area contributed by atoms with Crippen LogP contribution in [0.15, 0.2) is 0 Å². The molecule has 1 aliphatic carbocycles. The predicted octanol–water partition coefficient (Wildman–Crippen LogP) is 1.02. The molecule has 0 aromatic carbocycles. The monoisotopic (exact) mass is 352 g/mol. The number of amides is 2. The Morgan fingerprint density at radius 3 is 2.60 bits per heavy atom. The maximum atomic E-state index is 12.3. The van der Waals surface area contributed by atoms with Gasteiger partial charge in [0, 0.05) is 45.1 Å². The van der Waals surface area contributed by atoms with Crippen LogP contribution in [0.25, 0.3) is 0 Å². The van der Waals surface area contributed by atoms with Gasteiger partial charge in [0.1, 0.15) is 5.60 Å². The lowest BCUT2D eigenvalue weighted by Crippen LogP contribution is -2.50. The largest absolute Gasteiger partial charge is 0.441 e. The molecule has 2 aliphatic heterocycles. The fourth-order valence-electron chi connectivity index (χ4n) is 4.40. The molecule has 0 radical (unpaired) electrons. The van der Waals surface area contributed by atoms with Crippen LogP contribution in [-0.4, -0.2) is 84.7 Å². The minimum absolute atomic E-state index is 0.0230. The lowest BCUT2D eigenvalue weighted by molar-refractivity contribution is -0.133. The Hall–Kier alpha value is -1.34. The van der Waals surface area contributed by atoms with E-state index in [1.165, 1.54) is 32.1 Å². The Morgan fingerprint density at radius 2 is 1.96 bits per heavy atom. The van der Waals surface area contributed by atoms with Crippen LogP contribution in [0.4, 0.5) is 4.79 Å². The highest BCUT2D eigenvalue weighted by Crippen LogP contribution is 2.33. The molecule has 25 heavy (non-hydrogen) atoms. The average molecular weight is 352 g/mol. The highest BCUT2D eigenvalue weighted by molar-refractivity contribution is 5.78. The highest BCUT2D eigenvalue weighted by atomic mass is 16.6. The van der Waals surface area contributed by atoms with Crippen molar-refractivity contribution in [2.24, 2.45) is 5.73 Å². The van der Waals surface area contributed by atoms with Gasteiger partial charge in [-0.1, -0.05) is 19.3 Å². The molecule has 3 rings (SSSR count). The molecule has 1 spiro atoms. The van der Waals surface area contributed by atoms with E-state index in [1.807, 2.05) is 4.90 Å². The van der Waals surface area contributed by atoms with Crippen LogP contribution < -0.4 is 5.73 Å². The second kappa shape index (κ2) is 7.91. The van der Waals surface area contributed by atoms with Gasteiger partial charge in [0.2, 0.25) is 5.91 Å². The van der Waals surface area contributed by atoms with E-state index in [2.05, 4.69) is 11.9 Å². The molecule has 7 heteroatoms. The maximum absolute atomic E-state index is 12.3. The number of nitrogens with zero attached hydrogens (tertiary/aromatic N) is 3. The van der Waals surface area contributed by atoms with Gasteiger partial charge in [0.25, 0.3) is 0 Å². The molecule has 0 atom stereocenters. The van der Waals surface area contributed by atoms with Crippen LogP contribution in [0.1, 0.15) is 44.9 Å². The van der Waals surface area contributed by atoms with E-state index in [4.69, 9.17) is 10.5 Å². The number of likely N-dealkylation sites (tertiary alicyclic amines) is 1. The van der Waals surface area contributed by atoms with Crippen molar-refractivity contribution in [2.45, 2.75) is 56.6 Å². The fourth-order valence-corrected chi connectivity index (χ4v) is 4.40. The summed E-state index contributed by atoms with van der Waals surface area (Å²) in [7, 11) is 2.17. The Bertz CT molecular complexity index is 485. The number of rotatable bonds is 5. The molecule has 0 aromatic rings. The van der Waals surface area contributed by atoms with Crippen LogP contribution in [0.3, 0.4) is 0 Å². The van der Waals surface area contributed by atoms with E-state index < -0.39 is 5.60 Å². The molecule has 0 unspecified atom stereocenters. The zero-order chi connectivity index (χ0) is 17.9. The van der Waals surface area contributed by atoms with Crippen molar-refractivity contribution < 1.29 is 14.3 Å². The summed E-state index contributed by atoms with van der Waals surface area (Å²) < 4.78 is 5.74. The normalized spacial score (nSPS) is 24.2. The van der Waals surface area contributed by atoms with Gasteiger partial charge in [-0.3, -0.25) is 4.79 Å². The van der Waals surface area contributed by atoms with Crippen LogP contribution in [0.5, 0.6) is 0 Å². The van der Waals surface area contributed by atoms with Crippen molar-refractivity contribution in [3.63, 3.8) is 0 Å². The first-order valence-corrected chi connectivity index (χ1v) is 9.69. The standard InChI is InChI=1S/C18H32N4O3/c1-20(15-5-3-2-4-6-15)11-12-22-14-18(25-17(22)24)7-9-21(10-8-18)16(23)13-19/h15H,2-14,19H2,1H3. The Labute approximate surface area is 150 Å². The average Bonchev–Trinajstić information content (AvgIpc) is 2.95. The van der Waals surface area contributed by atoms with E-state index in [0.717, 1.165) is 13.1 Å². The number of carbonyl (C=O) groups is 2. The van der Waals surface area contributed by atoms with E-state index >= 15 is 0 Å². The fraction of sp³-hybridized carbons (Fsp3) is 0.889. The molecule has 2 saturated heterocycles. The first-order chi connectivity index (χ1) is 12.0. The van der Waals surface area contributed by atoms with Crippen molar-refractivity contribution in [1.29, 1.82) is 0 Å². The molecule has 3 aliphatic rings. The summed E-state index contributed by atoms with van der Waals surface area (Å²) in [6.07, 6.45) is 7.76. The zero-order valence-corrected chi connectivity index (χ0v) is 15.4. The van der Waals surface area contributed by atoms with Crippen molar-refractivity contribution in [3.8, 4) is 0 Å². The third-order valence-electron chi connectivity index (χ3n) is 6.16. The zero-order valence-electron chi connectivity index (χ0n) is 15.4. The minimum Gasteiger partial charge on any atom is -0.441 e. The quantitative estimate of drug-likeness (QED) is 0.799. The molecular formula is C18H32N4O3. The van der Waals surface area contributed by atoms with Gasteiger partial charge in [-0.2, -0.15) is 0 Å². The molecule has 0 bridgehead atoms. The molecule has 2 heterocycles. The molecule has 3 fully saturated rings. The summed E-state index contributed by atoms with van der Waals surface area (Å²) in [5, 5.41) is 0. The van der Waals surface area contributed by atoms with Crippen molar-refractivity contribution in [1.82, 2.24) is 14.7 Å². The molecule has 0 aromatic heterocycles. The summed E-state index contributed by atoms with van der Waals surface area (Å²) >= 11 is 0. The van der Waals surface area contributed by atoms with Crippen molar-refractivity contribution >= 4 is 12.0 Å². The molecular weight excluding hydrogens is 320 g/mol. The number of nitrogens with two attached hydrogens (primary N) is 1. The van der Waals surface area contributed by atoms with Gasteiger partial charge >= 0.3 is 6.09 Å². The number of hydrogen-bond acceptors (Lipinski definition) is 5. The smallest absolute Gasteiger partial charge is 0.410 e. The topological polar surface area (TPSA) is 79.1 Å². The first-order valence-electron chi connectivity index (χ1n) is 9.69. The molecule has 1 saturated carbocycles. The van der Waals surface area contributed by atoms with Gasteiger partial charge in [-0.25, -0.2) is 4.79 Å². The van der Waals surface area contributed by atoms with Crippen molar-refractivity contribution in [3.05, 3.63) is 0 Å². The lowest BCUT2D eigenvalue weighted by atomic mass is 9.91. The SMILES string of the molecule is CN(CCN1CC2(CCN(C(=O)CN)CC2)OC1=O)C1CCCCC1. The number of ether oxygens (including phenoxy) is 1. The third-order valence-corrected chi connectivity index (χ3v) is 6.16. The second-order valence-corrected chi connectivity index (χ2v) is 7.83. The number of carbonyl (C=O) groups excluding carboxylic acids is 2. The molecule has 7 nitrogen and oxygen atoms in total. The number of likely N-dealkylation sites (N-methyl/N-ethyl adjacent to an activating group) is 1. The number of hydrogen-bond donors (Lipinski definition) is 1. The Kier molecular flexibility index (Phi) is 5.84.